The van der Waals surface area contributed by atoms with Crippen molar-refractivity contribution in [3.63, 3.8) is 0 Å². The summed E-state index contributed by atoms with van der Waals surface area (Å²) in [5.74, 6) is -1.32. The van der Waals surface area contributed by atoms with Crippen LogP contribution in [0.1, 0.15) is 49.8 Å². The quantitative estimate of drug-likeness (QED) is 0.596. The first-order valence-corrected chi connectivity index (χ1v) is 10.6. The third kappa shape index (κ3) is 3.79. The average molecular weight is 486 g/mol. The van der Waals surface area contributed by atoms with Crippen molar-refractivity contribution in [3.8, 4) is 0 Å². The zero-order chi connectivity index (χ0) is 21.6. The number of carbonyl (C=O) groups excluding carboxylic acids is 1. The number of hydrogen-bond donors (Lipinski definition) is 1. The number of benzene rings is 1. The number of amides is 1. The second-order valence-electron chi connectivity index (χ2n) is 7.75. The van der Waals surface area contributed by atoms with Crippen LogP contribution in [0.15, 0.2) is 45.5 Å². The number of aliphatic imine (C=N–C) groups is 1. The van der Waals surface area contributed by atoms with Crippen molar-refractivity contribution in [1.82, 2.24) is 10.2 Å². The van der Waals surface area contributed by atoms with Crippen LogP contribution < -0.4 is 5.32 Å². The molecule has 4 rings (SSSR count). The Bertz CT molecular complexity index is 969. The molecule has 1 aromatic rings. The molecule has 0 bridgehead atoms. The van der Waals surface area contributed by atoms with E-state index in [1.807, 2.05) is 11.1 Å². The van der Waals surface area contributed by atoms with Crippen LogP contribution in [0, 0.1) is 5.82 Å². The van der Waals surface area contributed by atoms with Crippen molar-refractivity contribution >= 4 is 27.7 Å². The Morgan fingerprint density at radius 1 is 1.30 bits per heavy atom. The fourth-order valence-electron chi connectivity index (χ4n) is 4.31. The second kappa shape index (κ2) is 7.83. The van der Waals surface area contributed by atoms with Gasteiger partial charge in [-0.2, -0.15) is 13.2 Å². The fourth-order valence-corrected chi connectivity index (χ4v) is 4.76. The highest BCUT2D eigenvalue weighted by molar-refractivity contribution is 9.11. The van der Waals surface area contributed by atoms with Crippen LogP contribution in [-0.2, 0) is 11.0 Å². The Morgan fingerprint density at radius 3 is 2.77 bits per heavy atom. The van der Waals surface area contributed by atoms with Gasteiger partial charge in [0, 0.05) is 16.2 Å². The van der Waals surface area contributed by atoms with Gasteiger partial charge in [0.05, 0.1) is 29.3 Å². The third-order valence-electron chi connectivity index (χ3n) is 5.76. The fraction of sp³-hybridized carbons (Fsp3) is 0.429. The minimum absolute atomic E-state index is 0.123. The lowest BCUT2D eigenvalue weighted by molar-refractivity contribution is -0.140. The lowest BCUT2D eigenvalue weighted by Crippen LogP contribution is -2.42. The van der Waals surface area contributed by atoms with Gasteiger partial charge in [-0.3, -0.25) is 9.79 Å². The monoisotopic (exact) mass is 485 g/mol. The Labute approximate surface area is 179 Å². The summed E-state index contributed by atoms with van der Waals surface area (Å²) in [5.41, 5.74) is -1.25. The molecule has 0 aromatic heterocycles. The number of fused-ring (bicyclic) bond motifs is 3. The zero-order valence-electron chi connectivity index (χ0n) is 16.1. The van der Waals surface area contributed by atoms with E-state index in [1.54, 1.807) is 6.08 Å². The van der Waals surface area contributed by atoms with Crippen molar-refractivity contribution in [3.05, 3.63) is 57.5 Å². The van der Waals surface area contributed by atoms with E-state index >= 15 is 0 Å². The minimum atomic E-state index is -4.80. The highest BCUT2D eigenvalue weighted by Crippen LogP contribution is 2.37. The summed E-state index contributed by atoms with van der Waals surface area (Å²) < 4.78 is 54.2. The van der Waals surface area contributed by atoms with Crippen molar-refractivity contribution in [1.29, 1.82) is 0 Å². The summed E-state index contributed by atoms with van der Waals surface area (Å²) in [6.07, 6.45) is 2.86. The van der Waals surface area contributed by atoms with Gasteiger partial charge in [-0.1, -0.05) is 25.0 Å². The van der Waals surface area contributed by atoms with Gasteiger partial charge in [0.2, 0.25) is 0 Å². The van der Waals surface area contributed by atoms with Crippen molar-refractivity contribution in [2.24, 2.45) is 4.99 Å². The van der Waals surface area contributed by atoms with Gasteiger partial charge in [0.1, 0.15) is 11.7 Å². The molecule has 1 amide bonds. The molecule has 1 aliphatic carbocycles. The number of allylic oxidation sites excluding steroid dienone is 2. The number of rotatable bonds is 3. The molecule has 1 N–H and O–H groups in total. The molecular weight excluding hydrogens is 466 g/mol. The molecule has 1 fully saturated rings. The van der Waals surface area contributed by atoms with E-state index in [1.165, 1.54) is 13.0 Å². The highest BCUT2D eigenvalue weighted by Gasteiger charge is 2.41. The molecule has 2 aliphatic heterocycles. The maximum atomic E-state index is 14.5. The number of hydrogen-bond acceptors (Lipinski definition) is 3. The topological polar surface area (TPSA) is 44.7 Å². The number of carbonyl (C=O) groups is 1. The van der Waals surface area contributed by atoms with Crippen molar-refractivity contribution < 1.29 is 22.4 Å². The van der Waals surface area contributed by atoms with E-state index in [-0.39, 0.29) is 17.6 Å². The van der Waals surface area contributed by atoms with Crippen LogP contribution in [0.25, 0.3) is 0 Å². The lowest BCUT2D eigenvalue weighted by atomic mass is 9.91. The van der Waals surface area contributed by atoms with Gasteiger partial charge in [-0.25, -0.2) is 4.39 Å². The van der Waals surface area contributed by atoms with Gasteiger partial charge >= 0.3 is 6.18 Å². The molecule has 3 aliphatic rings. The van der Waals surface area contributed by atoms with Gasteiger partial charge in [-0.15, -0.1) is 0 Å². The van der Waals surface area contributed by atoms with Gasteiger partial charge in [0.15, 0.2) is 0 Å². The van der Waals surface area contributed by atoms with E-state index in [0.717, 1.165) is 31.7 Å². The Morgan fingerprint density at radius 2 is 2.03 bits per heavy atom. The second-order valence-corrected chi connectivity index (χ2v) is 8.67. The minimum Gasteiger partial charge on any atom is -0.345 e. The smallest absolute Gasteiger partial charge is 0.345 e. The summed E-state index contributed by atoms with van der Waals surface area (Å²) in [4.78, 5) is 19.7. The molecule has 0 unspecified atom stereocenters. The predicted octanol–water partition coefficient (Wildman–Crippen LogP) is 5.22. The Hall–Kier alpha value is -2.16. The van der Waals surface area contributed by atoms with Crippen LogP contribution in [0.2, 0.25) is 0 Å². The van der Waals surface area contributed by atoms with Crippen LogP contribution in [-0.4, -0.2) is 28.7 Å². The first-order valence-electron chi connectivity index (χ1n) is 9.79. The number of alkyl halides is 3. The summed E-state index contributed by atoms with van der Waals surface area (Å²) in [6, 6.07) is 2.44. The van der Waals surface area contributed by atoms with E-state index in [0.29, 0.717) is 22.0 Å². The van der Waals surface area contributed by atoms with E-state index in [9.17, 15) is 22.4 Å². The molecule has 1 aromatic carbocycles. The molecule has 0 radical (unpaired) electrons. The molecule has 4 nitrogen and oxygen atoms in total. The number of nitrogens with zero attached hydrogens (tertiary/aromatic N) is 2. The van der Waals surface area contributed by atoms with Gasteiger partial charge in [-0.05, 0) is 47.8 Å². The SMILES string of the molecule is C[C@@H](NC(=O)C1=CC(Br)=CN2C1=N[C@@H]1CCCC[C@@H]12)c1cccc(C(F)(F)F)c1F. The van der Waals surface area contributed by atoms with Crippen LogP contribution in [0.4, 0.5) is 17.6 Å². The third-order valence-corrected chi connectivity index (χ3v) is 6.20. The maximum Gasteiger partial charge on any atom is 0.419 e. The first kappa shape index (κ1) is 21.1. The summed E-state index contributed by atoms with van der Waals surface area (Å²) >= 11 is 3.43. The average Bonchev–Trinajstić information content (AvgIpc) is 3.05. The van der Waals surface area contributed by atoms with Crippen LogP contribution >= 0.6 is 15.9 Å². The molecule has 0 spiro atoms. The maximum absolute atomic E-state index is 14.5. The predicted molar refractivity (Wildman–Crippen MR) is 108 cm³/mol. The molecule has 3 atom stereocenters. The lowest BCUT2D eigenvalue weighted by Gasteiger charge is -2.32. The molecule has 9 heteroatoms. The Kier molecular flexibility index (Phi) is 5.50. The van der Waals surface area contributed by atoms with Crippen LogP contribution in [0.3, 0.4) is 0 Å². The Balaban J connectivity index is 1.58. The van der Waals surface area contributed by atoms with Gasteiger partial charge < -0.3 is 10.2 Å². The number of nitrogens with one attached hydrogen (secondary N) is 1. The molecule has 2 heterocycles. The van der Waals surface area contributed by atoms with Crippen molar-refractivity contribution in [2.75, 3.05) is 0 Å². The van der Waals surface area contributed by atoms with Crippen molar-refractivity contribution in [2.45, 2.75) is 56.9 Å². The molecule has 30 heavy (non-hydrogen) atoms. The zero-order valence-corrected chi connectivity index (χ0v) is 17.7. The van der Waals surface area contributed by atoms with Gasteiger partial charge in [0.25, 0.3) is 5.91 Å². The molecule has 1 saturated carbocycles. The van der Waals surface area contributed by atoms with Crippen LogP contribution in [0.5, 0.6) is 0 Å². The summed E-state index contributed by atoms with van der Waals surface area (Å²) in [5, 5.41) is 2.63. The summed E-state index contributed by atoms with van der Waals surface area (Å²) in [7, 11) is 0. The number of halogens is 5. The largest absolute Gasteiger partial charge is 0.419 e. The first-order chi connectivity index (χ1) is 14.2. The molecule has 0 saturated heterocycles. The highest BCUT2D eigenvalue weighted by atomic mass is 79.9. The van der Waals surface area contributed by atoms with E-state index < -0.39 is 29.5 Å². The normalized spacial score (nSPS) is 24.3. The molecular formula is C21H20BrF4N3O. The number of amidine groups is 1. The van der Waals surface area contributed by atoms with E-state index in [4.69, 9.17) is 4.99 Å². The summed E-state index contributed by atoms with van der Waals surface area (Å²) in [6.45, 7) is 1.46. The van der Waals surface area contributed by atoms with E-state index in [2.05, 4.69) is 21.2 Å². The molecule has 160 valence electrons. The standard InChI is InChI=1S/C21H20BrF4N3O/c1-11(13-5-4-6-15(18(13)23)21(24,25)26)27-20(30)14-9-12(22)10-29-17-8-3-2-7-16(17)28-19(14)29/h4-6,9-11,16-17H,2-3,7-8H2,1H3,(H,27,30)/t11-,16-,17+/m1/s1.